The summed E-state index contributed by atoms with van der Waals surface area (Å²) in [6.07, 6.45) is 2.35. The first-order valence-corrected chi connectivity index (χ1v) is 9.85. The Morgan fingerprint density at radius 2 is 2.22 bits per heavy atom. The summed E-state index contributed by atoms with van der Waals surface area (Å²) in [4.78, 5) is 31.8. The van der Waals surface area contributed by atoms with Gasteiger partial charge in [0.2, 0.25) is 0 Å². The lowest BCUT2D eigenvalue weighted by molar-refractivity contribution is 0.0517. The first-order valence-electron chi connectivity index (χ1n) is 8.97. The van der Waals surface area contributed by atoms with Crippen molar-refractivity contribution in [1.82, 2.24) is 24.6 Å². The van der Waals surface area contributed by atoms with Crippen LogP contribution >= 0.6 is 11.3 Å². The van der Waals surface area contributed by atoms with Crippen molar-refractivity contribution in [2.75, 3.05) is 19.7 Å². The van der Waals surface area contributed by atoms with Gasteiger partial charge in [-0.15, -0.1) is 11.3 Å². The van der Waals surface area contributed by atoms with Crippen molar-refractivity contribution in [3.63, 3.8) is 0 Å². The number of esters is 1. The minimum absolute atomic E-state index is 0.0467. The van der Waals surface area contributed by atoms with E-state index in [1.165, 1.54) is 11.3 Å². The number of fused-ring (bicyclic) bond motifs is 2. The molecule has 1 N–H and O–H groups in total. The molecule has 3 aromatic rings. The molecule has 0 spiro atoms. The zero-order valence-electron chi connectivity index (χ0n) is 15.3. The van der Waals surface area contributed by atoms with Gasteiger partial charge in [-0.1, -0.05) is 0 Å². The van der Waals surface area contributed by atoms with Crippen molar-refractivity contribution in [2.45, 2.75) is 33.4 Å². The third kappa shape index (κ3) is 3.28. The number of aryl methyl sites for hydroxylation is 1. The number of thiophene rings is 1. The number of aromatic nitrogens is 4. The molecule has 0 aliphatic carbocycles. The second-order valence-corrected chi connectivity index (χ2v) is 7.48. The summed E-state index contributed by atoms with van der Waals surface area (Å²) in [7, 11) is 0. The first-order chi connectivity index (χ1) is 13.1. The van der Waals surface area contributed by atoms with E-state index >= 15 is 0 Å². The average molecular weight is 387 g/mol. The molecule has 0 saturated carbocycles. The molecule has 0 bridgehead atoms. The van der Waals surface area contributed by atoms with E-state index in [4.69, 9.17) is 9.72 Å². The highest BCUT2D eigenvalue weighted by molar-refractivity contribution is 7.17. The summed E-state index contributed by atoms with van der Waals surface area (Å²) in [5, 5.41) is 8.71. The van der Waals surface area contributed by atoms with E-state index in [1.54, 1.807) is 17.7 Å². The minimum Gasteiger partial charge on any atom is -0.461 e. The number of nitrogens with zero attached hydrogens (tertiary/aromatic N) is 4. The van der Waals surface area contributed by atoms with Gasteiger partial charge in [-0.2, -0.15) is 5.10 Å². The number of hydrogen-bond acceptors (Lipinski definition) is 7. The molecule has 0 atom stereocenters. The fraction of sp³-hybridized carbons (Fsp3) is 0.444. The summed E-state index contributed by atoms with van der Waals surface area (Å²) in [6, 6.07) is 0. The zero-order chi connectivity index (χ0) is 19.0. The van der Waals surface area contributed by atoms with Gasteiger partial charge in [0.05, 0.1) is 18.3 Å². The molecule has 3 aromatic heterocycles. The van der Waals surface area contributed by atoms with Crippen molar-refractivity contribution in [1.29, 1.82) is 0 Å². The Morgan fingerprint density at radius 1 is 1.37 bits per heavy atom. The molecule has 0 saturated heterocycles. The fourth-order valence-electron chi connectivity index (χ4n) is 3.40. The Hall–Kier alpha value is -2.52. The maximum Gasteiger partial charge on any atom is 0.356 e. The van der Waals surface area contributed by atoms with Crippen LogP contribution in [0.3, 0.4) is 0 Å². The van der Waals surface area contributed by atoms with E-state index in [2.05, 4.69) is 15.1 Å². The predicted molar refractivity (Wildman–Crippen MR) is 102 cm³/mol. The number of aromatic amines is 1. The van der Waals surface area contributed by atoms with E-state index < -0.39 is 5.97 Å². The molecule has 27 heavy (non-hydrogen) atoms. The monoisotopic (exact) mass is 387 g/mol. The van der Waals surface area contributed by atoms with Crippen LogP contribution in [0.1, 0.15) is 34.4 Å². The second-order valence-electron chi connectivity index (χ2n) is 6.60. The molecular formula is C18H21N5O3S. The molecule has 0 amide bonds. The largest absolute Gasteiger partial charge is 0.461 e. The van der Waals surface area contributed by atoms with Crippen LogP contribution in [0.25, 0.3) is 10.2 Å². The summed E-state index contributed by atoms with van der Waals surface area (Å²) >= 11 is 1.46. The van der Waals surface area contributed by atoms with E-state index in [0.29, 0.717) is 38.4 Å². The maximum absolute atomic E-state index is 12.8. The van der Waals surface area contributed by atoms with Crippen LogP contribution in [0.15, 0.2) is 16.4 Å². The van der Waals surface area contributed by atoms with Gasteiger partial charge in [-0.05, 0) is 24.8 Å². The second kappa shape index (κ2) is 7.24. The van der Waals surface area contributed by atoms with Crippen LogP contribution in [0, 0.1) is 6.92 Å². The van der Waals surface area contributed by atoms with Crippen LogP contribution in [-0.2, 0) is 24.2 Å². The summed E-state index contributed by atoms with van der Waals surface area (Å²) in [5.74, 6) is 0.436. The summed E-state index contributed by atoms with van der Waals surface area (Å²) < 4.78 is 7.59. The molecule has 9 heteroatoms. The standard InChI is InChI=1S/C18H21N5O3S/c1-3-26-18(25)15-12(8-19-21-15)9-22-5-4-13-20-14-11(2)10-27-16(14)17(24)23(13)7-6-22/h8,10H,3-7,9H2,1-2H3,(H,19,21). The fourth-order valence-corrected chi connectivity index (χ4v) is 4.34. The summed E-state index contributed by atoms with van der Waals surface area (Å²) in [5.41, 5.74) is 3.12. The smallest absolute Gasteiger partial charge is 0.356 e. The van der Waals surface area contributed by atoms with Crippen LogP contribution in [0.5, 0.6) is 0 Å². The predicted octanol–water partition coefficient (Wildman–Crippen LogP) is 1.72. The molecule has 8 nitrogen and oxygen atoms in total. The lowest BCUT2D eigenvalue weighted by atomic mass is 10.2. The van der Waals surface area contributed by atoms with Gasteiger partial charge in [0.15, 0.2) is 0 Å². The maximum atomic E-state index is 12.8. The Balaban J connectivity index is 1.55. The Morgan fingerprint density at radius 3 is 3.04 bits per heavy atom. The van der Waals surface area contributed by atoms with Crippen LogP contribution in [0.2, 0.25) is 0 Å². The molecule has 1 aliphatic heterocycles. The Labute approximate surface area is 159 Å². The number of carbonyl (C=O) groups excluding carboxylic acids is 1. The molecule has 0 unspecified atom stereocenters. The van der Waals surface area contributed by atoms with Gasteiger partial charge in [-0.3, -0.25) is 19.4 Å². The first kappa shape index (κ1) is 17.9. The molecule has 4 rings (SSSR count). The van der Waals surface area contributed by atoms with Gasteiger partial charge >= 0.3 is 5.97 Å². The molecular weight excluding hydrogens is 366 g/mol. The number of H-pyrrole nitrogens is 1. The molecule has 0 radical (unpaired) electrons. The SMILES string of the molecule is CCOC(=O)c1[nH]ncc1CN1CCc2nc3c(C)csc3c(=O)n2CC1. The van der Waals surface area contributed by atoms with Gasteiger partial charge < -0.3 is 4.74 Å². The topological polar surface area (TPSA) is 93.1 Å². The summed E-state index contributed by atoms with van der Waals surface area (Å²) in [6.45, 7) is 6.70. The van der Waals surface area contributed by atoms with E-state index in [0.717, 1.165) is 33.7 Å². The Bertz CT molecular complexity index is 1050. The molecule has 0 aromatic carbocycles. The molecule has 142 valence electrons. The van der Waals surface area contributed by atoms with Crippen LogP contribution in [0.4, 0.5) is 0 Å². The highest BCUT2D eigenvalue weighted by atomic mass is 32.1. The zero-order valence-corrected chi connectivity index (χ0v) is 16.1. The number of nitrogens with one attached hydrogen (secondary N) is 1. The lowest BCUT2D eigenvalue weighted by Crippen LogP contribution is -2.29. The molecule has 4 heterocycles. The van der Waals surface area contributed by atoms with Gasteiger partial charge in [-0.25, -0.2) is 9.78 Å². The van der Waals surface area contributed by atoms with Gasteiger partial charge in [0.1, 0.15) is 16.2 Å². The van der Waals surface area contributed by atoms with Crippen molar-refractivity contribution >= 4 is 27.5 Å². The van der Waals surface area contributed by atoms with Gasteiger partial charge in [0, 0.05) is 38.2 Å². The quantitative estimate of drug-likeness (QED) is 0.685. The average Bonchev–Trinajstić information content (AvgIpc) is 3.20. The number of carbonyl (C=O) groups is 1. The highest BCUT2D eigenvalue weighted by Crippen LogP contribution is 2.22. The minimum atomic E-state index is -0.392. The van der Waals surface area contributed by atoms with Crippen molar-refractivity contribution in [3.8, 4) is 0 Å². The molecule has 0 fully saturated rings. The van der Waals surface area contributed by atoms with Crippen molar-refractivity contribution in [3.05, 3.63) is 44.6 Å². The van der Waals surface area contributed by atoms with E-state index in [9.17, 15) is 9.59 Å². The number of hydrogen-bond donors (Lipinski definition) is 1. The van der Waals surface area contributed by atoms with Crippen molar-refractivity contribution in [2.24, 2.45) is 0 Å². The number of ether oxygens (including phenoxy) is 1. The van der Waals surface area contributed by atoms with E-state index in [-0.39, 0.29) is 5.56 Å². The normalized spacial score (nSPS) is 14.9. The number of rotatable bonds is 4. The Kier molecular flexibility index (Phi) is 4.79. The van der Waals surface area contributed by atoms with Crippen LogP contribution in [-0.4, -0.2) is 50.3 Å². The van der Waals surface area contributed by atoms with Gasteiger partial charge in [0.25, 0.3) is 5.56 Å². The third-order valence-corrected chi connectivity index (χ3v) is 5.89. The van der Waals surface area contributed by atoms with Crippen molar-refractivity contribution < 1.29 is 9.53 Å². The van der Waals surface area contributed by atoms with Crippen LogP contribution < -0.4 is 5.56 Å². The highest BCUT2D eigenvalue weighted by Gasteiger charge is 2.22. The third-order valence-electron chi connectivity index (χ3n) is 4.82. The molecule has 1 aliphatic rings. The van der Waals surface area contributed by atoms with E-state index in [1.807, 2.05) is 12.3 Å². The lowest BCUT2D eigenvalue weighted by Gasteiger charge is -2.18.